The van der Waals surface area contributed by atoms with Crippen molar-refractivity contribution in [2.45, 2.75) is 19.6 Å². The van der Waals surface area contributed by atoms with E-state index < -0.39 is 48.9 Å². The van der Waals surface area contributed by atoms with Crippen LogP contribution in [-0.2, 0) is 27.0 Å². The van der Waals surface area contributed by atoms with Crippen LogP contribution in [0.3, 0.4) is 0 Å². The summed E-state index contributed by atoms with van der Waals surface area (Å²) in [5.41, 5.74) is 0.165. The van der Waals surface area contributed by atoms with Gasteiger partial charge in [0, 0.05) is 18.0 Å². The van der Waals surface area contributed by atoms with E-state index in [1.807, 2.05) is 0 Å². The highest BCUT2D eigenvalue weighted by atomic mass is 35.5. The summed E-state index contributed by atoms with van der Waals surface area (Å²) in [5, 5.41) is 10.6. The van der Waals surface area contributed by atoms with E-state index in [9.17, 15) is 18.1 Å². The molecule has 1 aromatic carbocycles. The number of anilines is 1. The summed E-state index contributed by atoms with van der Waals surface area (Å²) in [7, 11) is -4.94. The topological polar surface area (TPSA) is 131 Å². The first kappa shape index (κ1) is 24.3. The molecular formula is C19H16ClF3N5O5P. The fraction of sp³-hybridized carbons (Fsp3) is 0.263. The van der Waals surface area contributed by atoms with Gasteiger partial charge in [0.15, 0.2) is 18.4 Å². The highest BCUT2D eigenvalue weighted by Gasteiger charge is 2.38. The molecule has 15 heteroatoms. The van der Waals surface area contributed by atoms with E-state index in [0.29, 0.717) is 0 Å². The van der Waals surface area contributed by atoms with Crippen LogP contribution in [0.5, 0.6) is 0 Å². The number of hydrogen-bond donors (Lipinski definition) is 2. The fourth-order valence-corrected chi connectivity index (χ4v) is 4.04. The number of aromatic nitrogens is 4. The van der Waals surface area contributed by atoms with E-state index in [-0.39, 0.29) is 42.0 Å². The van der Waals surface area contributed by atoms with Crippen LogP contribution in [0.15, 0.2) is 30.6 Å². The van der Waals surface area contributed by atoms with Crippen molar-refractivity contribution in [2.24, 2.45) is 5.92 Å². The summed E-state index contributed by atoms with van der Waals surface area (Å²) in [6.45, 7) is -0.828. The van der Waals surface area contributed by atoms with E-state index >= 15 is 4.39 Å². The van der Waals surface area contributed by atoms with Gasteiger partial charge >= 0.3 is 7.82 Å². The van der Waals surface area contributed by atoms with Gasteiger partial charge in [0.05, 0.1) is 12.4 Å². The number of benzene rings is 1. The molecule has 1 atom stereocenters. The van der Waals surface area contributed by atoms with Gasteiger partial charge in [0.25, 0.3) is 0 Å². The largest absolute Gasteiger partial charge is 0.471 e. The number of phosphoric ester groups is 1. The Labute approximate surface area is 195 Å². The molecule has 180 valence electrons. The molecule has 2 aromatic heterocycles. The normalized spacial score (nSPS) is 16.5. The van der Waals surface area contributed by atoms with Crippen LogP contribution in [0.25, 0.3) is 11.3 Å². The molecule has 0 spiro atoms. The number of carbonyl (C=O) groups excluding carboxylic acids is 1. The Balaban J connectivity index is 1.65. The van der Waals surface area contributed by atoms with Gasteiger partial charge < -0.3 is 9.79 Å². The molecule has 1 unspecified atom stereocenters. The van der Waals surface area contributed by atoms with Gasteiger partial charge in [-0.1, -0.05) is 11.6 Å². The van der Waals surface area contributed by atoms with Crippen molar-refractivity contribution in [3.63, 3.8) is 0 Å². The average molecular weight is 518 g/mol. The Bertz CT molecular complexity index is 1270. The van der Waals surface area contributed by atoms with Gasteiger partial charge in [0.1, 0.15) is 22.4 Å². The number of carbonyl (C=O) groups is 1. The summed E-state index contributed by atoms with van der Waals surface area (Å²) in [6.07, 6.45) is 2.71. The number of amides is 1. The van der Waals surface area contributed by atoms with E-state index in [4.69, 9.17) is 21.4 Å². The molecule has 0 bridgehead atoms. The van der Waals surface area contributed by atoms with Gasteiger partial charge in [-0.25, -0.2) is 22.4 Å². The highest BCUT2D eigenvalue weighted by Crippen LogP contribution is 2.39. The zero-order chi connectivity index (χ0) is 24.6. The fourth-order valence-electron chi connectivity index (χ4n) is 3.67. The third kappa shape index (κ3) is 4.98. The molecule has 34 heavy (non-hydrogen) atoms. The van der Waals surface area contributed by atoms with Gasteiger partial charge in [-0.2, -0.15) is 15.3 Å². The van der Waals surface area contributed by atoms with Crippen LogP contribution in [-0.4, -0.2) is 42.2 Å². The molecule has 1 aliphatic heterocycles. The van der Waals surface area contributed by atoms with Gasteiger partial charge in [-0.15, -0.1) is 0 Å². The minimum absolute atomic E-state index is 0.0224. The Kier molecular flexibility index (Phi) is 6.74. The molecule has 3 aromatic rings. The van der Waals surface area contributed by atoms with Crippen LogP contribution in [0.1, 0.15) is 12.0 Å². The van der Waals surface area contributed by atoms with Crippen LogP contribution >= 0.6 is 19.4 Å². The average Bonchev–Trinajstić information content (AvgIpc) is 3.29. The van der Waals surface area contributed by atoms with Crippen LogP contribution in [0, 0.1) is 23.4 Å². The maximum Gasteiger partial charge on any atom is 0.471 e. The van der Waals surface area contributed by atoms with Crippen molar-refractivity contribution in [1.82, 2.24) is 20.0 Å². The number of hydrogen-bond acceptors (Lipinski definition) is 6. The second-order valence-electron chi connectivity index (χ2n) is 7.42. The zero-order valence-corrected chi connectivity index (χ0v) is 18.8. The number of phosphoric acid groups is 1. The first-order chi connectivity index (χ1) is 16.0. The summed E-state index contributed by atoms with van der Waals surface area (Å²) >= 11 is 5.50. The van der Waals surface area contributed by atoms with Crippen LogP contribution in [0.2, 0.25) is 5.02 Å². The zero-order valence-electron chi connectivity index (χ0n) is 17.1. The van der Waals surface area contributed by atoms with Crippen LogP contribution < -0.4 is 4.90 Å². The number of rotatable bonds is 7. The second-order valence-corrected chi connectivity index (χ2v) is 9.04. The first-order valence-electron chi connectivity index (χ1n) is 9.73. The maximum absolute atomic E-state index is 15.4. The predicted molar refractivity (Wildman–Crippen MR) is 112 cm³/mol. The molecule has 3 heterocycles. The van der Waals surface area contributed by atoms with E-state index in [1.165, 1.54) is 18.5 Å². The molecule has 1 aliphatic rings. The molecule has 0 saturated carbocycles. The Morgan fingerprint density at radius 3 is 2.53 bits per heavy atom. The van der Waals surface area contributed by atoms with Gasteiger partial charge in [-0.05, 0) is 36.6 Å². The van der Waals surface area contributed by atoms with Crippen molar-refractivity contribution < 1.29 is 36.8 Å². The molecule has 1 saturated heterocycles. The number of halogens is 4. The van der Waals surface area contributed by atoms with Crippen molar-refractivity contribution in [3.05, 3.63) is 58.6 Å². The molecule has 1 fully saturated rings. The van der Waals surface area contributed by atoms with Crippen LogP contribution in [0.4, 0.5) is 19.0 Å². The van der Waals surface area contributed by atoms with E-state index in [1.54, 1.807) is 0 Å². The second kappa shape index (κ2) is 9.43. The molecule has 2 N–H and O–H groups in total. The standard InChI is InChI=1S/C19H16ClF3N5O5P/c20-15-13(21)6-10(7-14(15)22)5-11-2-4-27(19(11)29)18-16(23)17(12-1-3-24-25-8-12)26-28(18)9-33-34(30,31)32/h1,3,6-8,11H,2,4-5,9H2,(H2,30,31,32). The Morgan fingerprint density at radius 1 is 1.21 bits per heavy atom. The lowest BCUT2D eigenvalue weighted by atomic mass is 9.98. The third-order valence-corrected chi connectivity index (χ3v) is 5.99. The summed E-state index contributed by atoms with van der Waals surface area (Å²) in [6, 6.07) is 3.46. The predicted octanol–water partition coefficient (Wildman–Crippen LogP) is 3.07. The SMILES string of the molecule is O=C1C(Cc2cc(F)c(Cl)c(F)c2)CCN1c1c(F)c(-c2ccnnc2)nn1COP(=O)(O)O. The summed E-state index contributed by atoms with van der Waals surface area (Å²) in [5.74, 6) is -4.55. The van der Waals surface area contributed by atoms with Gasteiger partial charge in [-0.3, -0.25) is 14.2 Å². The molecule has 10 nitrogen and oxygen atoms in total. The molecule has 0 radical (unpaired) electrons. The lowest BCUT2D eigenvalue weighted by Crippen LogP contribution is -2.31. The molecular weight excluding hydrogens is 502 g/mol. The monoisotopic (exact) mass is 517 g/mol. The van der Waals surface area contributed by atoms with Crippen molar-refractivity contribution in [1.29, 1.82) is 0 Å². The summed E-state index contributed by atoms with van der Waals surface area (Å²) in [4.78, 5) is 32.2. The van der Waals surface area contributed by atoms with Crippen molar-refractivity contribution >= 4 is 31.1 Å². The summed E-state index contributed by atoms with van der Waals surface area (Å²) < 4.78 is 59.4. The smallest absolute Gasteiger partial charge is 0.303 e. The highest BCUT2D eigenvalue weighted by molar-refractivity contribution is 7.46. The maximum atomic E-state index is 15.4. The Hall–Kier alpha value is -2.83. The minimum Gasteiger partial charge on any atom is -0.303 e. The molecule has 1 amide bonds. The third-order valence-electron chi connectivity index (χ3n) is 5.17. The lowest BCUT2D eigenvalue weighted by Gasteiger charge is -2.18. The Morgan fingerprint density at radius 2 is 1.91 bits per heavy atom. The number of nitrogens with zero attached hydrogens (tertiary/aromatic N) is 5. The van der Waals surface area contributed by atoms with Crippen molar-refractivity contribution in [3.8, 4) is 11.3 Å². The first-order valence-corrected chi connectivity index (χ1v) is 11.6. The molecule has 0 aliphatic carbocycles. The van der Waals surface area contributed by atoms with E-state index in [0.717, 1.165) is 21.7 Å². The molecule has 4 rings (SSSR count). The minimum atomic E-state index is -4.94. The quantitative estimate of drug-likeness (QED) is 0.361. The lowest BCUT2D eigenvalue weighted by molar-refractivity contribution is -0.120. The van der Waals surface area contributed by atoms with E-state index in [2.05, 4.69) is 19.8 Å². The van der Waals surface area contributed by atoms with Gasteiger partial charge in [0.2, 0.25) is 5.91 Å². The van der Waals surface area contributed by atoms with Crippen molar-refractivity contribution in [2.75, 3.05) is 11.4 Å².